The molecule has 0 aliphatic carbocycles. The van der Waals surface area contributed by atoms with Gasteiger partial charge in [-0.3, -0.25) is 4.57 Å². The molecular weight excluding hydrogens is 466 g/mol. The number of carboxylic acid groups (broad SMARTS) is 1. The number of ether oxygens (including phenoxy) is 1. The second-order valence-electron chi connectivity index (χ2n) is 6.68. The molecule has 0 unspecified atom stereocenters. The van der Waals surface area contributed by atoms with E-state index in [0.717, 1.165) is 29.2 Å². The van der Waals surface area contributed by atoms with Crippen LogP contribution in [-0.4, -0.2) is 43.2 Å². The lowest BCUT2D eigenvalue weighted by atomic mass is 10.3. The topological polar surface area (TPSA) is 120 Å². The van der Waals surface area contributed by atoms with Crippen LogP contribution in [0.3, 0.4) is 0 Å². The maximum absolute atomic E-state index is 12.7. The van der Waals surface area contributed by atoms with E-state index in [-0.39, 0.29) is 0 Å². The molecule has 0 atom stereocenters. The maximum atomic E-state index is 12.7. The van der Waals surface area contributed by atoms with Crippen molar-refractivity contribution in [3.8, 4) is 5.75 Å². The van der Waals surface area contributed by atoms with Crippen molar-refractivity contribution in [1.29, 1.82) is 0 Å². The van der Waals surface area contributed by atoms with E-state index in [0.29, 0.717) is 38.9 Å². The Hall–Kier alpha value is -2.14. The number of nitrogens with two attached hydrogens (primary N) is 1. The van der Waals surface area contributed by atoms with Crippen molar-refractivity contribution in [3.63, 3.8) is 0 Å². The molecule has 0 saturated carbocycles. The lowest BCUT2D eigenvalue weighted by Gasteiger charge is -2.16. The molecule has 0 bridgehead atoms. The summed E-state index contributed by atoms with van der Waals surface area (Å²) in [6.07, 6.45) is -4.12. The third-order valence-corrected chi connectivity index (χ3v) is 6.75. The Morgan fingerprint density at radius 3 is 2.21 bits per heavy atom. The van der Waals surface area contributed by atoms with Gasteiger partial charge in [-0.2, -0.15) is 13.2 Å². The van der Waals surface area contributed by atoms with Gasteiger partial charge in [0.2, 0.25) is 0 Å². The fourth-order valence-electron chi connectivity index (χ4n) is 3.30. The number of methoxy groups -OCH3 is 1. The summed E-state index contributed by atoms with van der Waals surface area (Å²) in [5, 5.41) is 8.78. The Morgan fingerprint density at radius 2 is 1.79 bits per heavy atom. The van der Waals surface area contributed by atoms with Crippen molar-refractivity contribution in [2.24, 2.45) is 5.73 Å². The zero-order chi connectivity index (χ0) is 25.2. The average molecular weight is 497 g/mol. The first kappa shape index (κ1) is 28.9. The van der Waals surface area contributed by atoms with Crippen LogP contribution in [0.5, 0.6) is 5.75 Å². The SMILES string of the molecule is CCOP(=O)(CCC[n+]1c(CN)n(CC)c2cc(OC)ccc21)OCC.O=C([O-])C(F)(F)F. The van der Waals surface area contributed by atoms with Gasteiger partial charge in [-0.15, -0.1) is 0 Å². The molecule has 0 radical (unpaired) electrons. The Balaban J connectivity index is 0.000000675. The highest BCUT2D eigenvalue weighted by molar-refractivity contribution is 7.53. The molecule has 2 rings (SSSR count). The van der Waals surface area contributed by atoms with Crippen LogP contribution in [0, 0.1) is 0 Å². The van der Waals surface area contributed by atoms with E-state index in [4.69, 9.17) is 29.4 Å². The van der Waals surface area contributed by atoms with Crippen LogP contribution in [0.15, 0.2) is 18.2 Å². The molecule has 0 spiro atoms. The molecule has 2 aromatic rings. The van der Waals surface area contributed by atoms with Crippen LogP contribution >= 0.6 is 7.60 Å². The Bertz CT molecular complexity index is 955. The number of halogens is 3. The summed E-state index contributed by atoms with van der Waals surface area (Å²) in [7, 11) is -1.36. The van der Waals surface area contributed by atoms with Crippen LogP contribution in [0.1, 0.15) is 33.0 Å². The number of hydrogen-bond donors (Lipinski definition) is 1. The molecule has 2 N–H and O–H groups in total. The predicted octanol–water partition coefficient (Wildman–Crippen LogP) is 2.37. The van der Waals surface area contributed by atoms with Crippen LogP contribution in [0.4, 0.5) is 13.2 Å². The fraction of sp³-hybridized carbons (Fsp3) is 0.600. The molecule has 9 nitrogen and oxygen atoms in total. The maximum Gasteiger partial charge on any atom is 0.430 e. The summed E-state index contributed by atoms with van der Waals surface area (Å²) in [5.74, 6) is -1.15. The molecule has 0 saturated heterocycles. The van der Waals surface area contributed by atoms with Crippen molar-refractivity contribution in [3.05, 3.63) is 24.0 Å². The average Bonchev–Trinajstić information content (AvgIpc) is 3.05. The highest BCUT2D eigenvalue weighted by Gasteiger charge is 2.29. The molecule has 0 aliphatic rings. The standard InChI is InChI=1S/C18H31N3O4P.C2HF3O2/c1-5-20-17-13-15(23-4)9-10-16(17)21(18(20)14-19)11-8-12-26(22,24-6-2)25-7-3;3-2(4,5)1(6)7/h9-10,13H,5-8,11-12,14,19H2,1-4H3;(H,6,7)/q+1;/p-1. The summed E-state index contributed by atoms with van der Waals surface area (Å²) in [4.78, 5) is 8.78. The molecule has 0 fully saturated rings. The van der Waals surface area contributed by atoms with Crippen molar-refractivity contribution in [1.82, 2.24) is 4.57 Å². The number of aromatic nitrogens is 2. The summed E-state index contributed by atoms with van der Waals surface area (Å²) in [6.45, 7) is 8.47. The first-order chi connectivity index (χ1) is 15.5. The molecule has 0 aliphatic heterocycles. The van der Waals surface area contributed by atoms with Crippen LogP contribution in [-0.2, 0) is 38.0 Å². The number of benzene rings is 1. The third kappa shape index (κ3) is 7.99. The van der Waals surface area contributed by atoms with E-state index in [9.17, 15) is 17.7 Å². The molecule has 0 amide bonds. The number of aryl methyl sites for hydroxylation is 2. The highest BCUT2D eigenvalue weighted by Crippen LogP contribution is 2.48. The van der Waals surface area contributed by atoms with Crippen molar-refractivity contribution in [2.75, 3.05) is 26.5 Å². The second-order valence-corrected chi connectivity index (χ2v) is 8.87. The zero-order valence-corrected chi connectivity index (χ0v) is 20.1. The van der Waals surface area contributed by atoms with Crippen LogP contribution in [0.2, 0.25) is 0 Å². The van der Waals surface area contributed by atoms with Crippen LogP contribution < -0.4 is 20.1 Å². The number of fused-ring (bicyclic) bond motifs is 1. The zero-order valence-electron chi connectivity index (χ0n) is 19.2. The van der Waals surface area contributed by atoms with E-state index in [1.807, 2.05) is 32.0 Å². The van der Waals surface area contributed by atoms with Gasteiger partial charge in [0.15, 0.2) is 11.0 Å². The highest BCUT2D eigenvalue weighted by atomic mass is 31.2. The van der Waals surface area contributed by atoms with Gasteiger partial charge in [0.1, 0.15) is 11.7 Å². The van der Waals surface area contributed by atoms with Gasteiger partial charge in [0.05, 0.1) is 46.1 Å². The van der Waals surface area contributed by atoms with Crippen LogP contribution in [0.25, 0.3) is 11.0 Å². The summed E-state index contributed by atoms with van der Waals surface area (Å²) in [6, 6.07) is 6.02. The summed E-state index contributed by atoms with van der Waals surface area (Å²) < 4.78 is 64.7. The van der Waals surface area contributed by atoms with Crippen molar-refractivity contribution in [2.45, 2.75) is 53.0 Å². The van der Waals surface area contributed by atoms with Gasteiger partial charge in [0, 0.05) is 6.07 Å². The second kappa shape index (κ2) is 12.9. The fourth-order valence-corrected chi connectivity index (χ4v) is 4.95. The van der Waals surface area contributed by atoms with E-state index in [1.54, 1.807) is 7.11 Å². The first-order valence-electron chi connectivity index (χ1n) is 10.4. The lowest BCUT2D eigenvalue weighted by Crippen LogP contribution is -2.39. The number of carbonyl (C=O) groups is 1. The van der Waals surface area contributed by atoms with Gasteiger partial charge >= 0.3 is 13.8 Å². The third-order valence-electron chi connectivity index (χ3n) is 4.58. The minimum atomic E-state index is -5.19. The van der Waals surface area contributed by atoms with Crippen molar-refractivity contribution >= 4 is 24.6 Å². The number of alkyl halides is 3. The van der Waals surface area contributed by atoms with E-state index >= 15 is 0 Å². The van der Waals surface area contributed by atoms with Crippen molar-refractivity contribution < 1.29 is 46.0 Å². The predicted molar refractivity (Wildman–Crippen MR) is 114 cm³/mol. The Kier molecular flexibility index (Phi) is 11.3. The first-order valence-corrected chi connectivity index (χ1v) is 12.2. The number of carbonyl (C=O) groups excluding carboxylic acids is 1. The Morgan fingerprint density at radius 1 is 1.21 bits per heavy atom. The molecule has 13 heteroatoms. The minimum absolute atomic E-state index is 0.382. The van der Waals surface area contributed by atoms with E-state index in [2.05, 4.69) is 16.1 Å². The largest absolute Gasteiger partial charge is 0.542 e. The van der Waals surface area contributed by atoms with E-state index in [1.165, 1.54) is 0 Å². The molecule has 1 aromatic carbocycles. The number of rotatable bonds is 11. The number of carboxylic acids is 1. The molecule has 33 heavy (non-hydrogen) atoms. The number of nitrogens with zero attached hydrogens (tertiary/aromatic N) is 2. The van der Waals surface area contributed by atoms with E-state index < -0.39 is 19.7 Å². The lowest BCUT2D eigenvalue weighted by molar-refractivity contribution is -0.679. The molecular formula is C20H31F3N3O6P. The monoisotopic (exact) mass is 497 g/mol. The molecule has 1 aromatic heterocycles. The summed E-state index contributed by atoms with van der Waals surface area (Å²) >= 11 is 0. The molecule has 1 heterocycles. The van der Waals surface area contributed by atoms with Gasteiger partial charge in [-0.05, 0) is 39.3 Å². The number of imidazole rings is 1. The smallest absolute Gasteiger partial charge is 0.430 e. The minimum Gasteiger partial charge on any atom is -0.542 e. The van der Waals surface area contributed by atoms with Gasteiger partial charge in [0.25, 0.3) is 5.82 Å². The summed E-state index contributed by atoms with van der Waals surface area (Å²) in [5.41, 5.74) is 8.22. The van der Waals surface area contributed by atoms with Gasteiger partial charge in [-0.1, -0.05) is 0 Å². The van der Waals surface area contributed by atoms with Gasteiger partial charge in [-0.25, -0.2) is 9.13 Å². The Labute approximate surface area is 190 Å². The number of hydrogen-bond acceptors (Lipinski definition) is 7. The van der Waals surface area contributed by atoms with Gasteiger partial charge < -0.3 is 29.4 Å². The molecule has 188 valence electrons. The quantitative estimate of drug-likeness (QED) is 0.374. The normalized spacial score (nSPS) is 11.9. The number of aliphatic carboxylic acids is 1.